The third-order valence-corrected chi connectivity index (χ3v) is 5.92. The summed E-state index contributed by atoms with van der Waals surface area (Å²) in [5.74, 6) is 1.02. The van der Waals surface area contributed by atoms with Crippen LogP contribution < -0.4 is 5.32 Å². The number of nitrogens with zero attached hydrogens (tertiary/aromatic N) is 3. The summed E-state index contributed by atoms with van der Waals surface area (Å²) >= 11 is 0. The number of benzene rings is 1. The molecule has 142 valence electrons. The second-order valence-electron chi connectivity index (χ2n) is 7.81. The summed E-state index contributed by atoms with van der Waals surface area (Å²) in [6.45, 7) is 7.24. The number of aromatic nitrogens is 2. The van der Waals surface area contributed by atoms with E-state index in [1.165, 1.54) is 31.4 Å². The molecule has 0 saturated carbocycles. The van der Waals surface area contributed by atoms with Crippen LogP contribution in [0, 0.1) is 0 Å². The molecule has 5 heteroatoms. The average Bonchev–Trinajstić information content (AvgIpc) is 3.05. The first-order valence-electron chi connectivity index (χ1n) is 10.1. The highest BCUT2D eigenvalue weighted by atomic mass is 16.1. The summed E-state index contributed by atoms with van der Waals surface area (Å²) in [4.78, 5) is 23.3. The summed E-state index contributed by atoms with van der Waals surface area (Å²) in [6.07, 6.45) is 7.55. The SMILES string of the molecule is CC(=O)c1ccc2c(c1)Cc1ncnc(NCCCN3CCCCC3C)c1-2. The third kappa shape index (κ3) is 3.74. The van der Waals surface area contributed by atoms with Gasteiger partial charge in [0, 0.05) is 36.7 Å². The smallest absolute Gasteiger partial charge is 0.159 e. The molecule has 2 aromatic rings. The first kappa shape index (κ1) is 18.1. The Balaban J connectivity index is 1.44. The lowest BCUT2D eigenvalue weighted by Crippen LogP contribution is -2.38. The molecular formula is C22H28N4O. The fourth-order valence-corrected chi connectivity index (χ4v) is 4.34. The first-order chi connectivity index (χ1) is 13.1. The van der Waals surface area contributed by atoms with Gasteiger partial charge in [0.1, 0.15) is 12.1 Å². The van der Waals surface area contributed by atoms with E-state index in [0.717, 1.165) is 54.1 Å². The molecule has 1 saturated heterocycles. The molecule has 1 fully saturated rings. The molecule has 1 aliphatic carbocycles. The summed E-state index contributed by atoms with van der Waals surface area (Å²) in [5.41, 5.74) is 5.24. The number of nitrogens with one attached hydrogen (secondary N) is 1. The summed E-state index contributed by atoms with van der Waals surface area (Å²) < 4.78 is 0. The molecule has 0 radical (unpaired) electrons. The van der Waals surface area contributed by atoms with E-state index in [4.69, 9.17) is 0 Å². The quantitative estimate of drug-likeness (QED) is 0.530. The van der Waals surface area contributed by atoms with Gasteiger partial charge in [0.2, 0.25) is 0 Å². The minimum atomic E-state index is 0.102. The van der Waals surface area contributed by atoms with Gasteiger partial charge in [0.05, 0.1) is 5.69 Å². The number of rotatable bonds is 6. The van der Waals surface area contributed by atoms with Gasteiger partial charge >= 0.3 is 0 Å². The molecule has 0 amide bonds. The molecule has 1 aliphatic heterocycles. The van der Waals surface area contributed by atoms with Crippen LogP contribution in [0.4, 0.5) is 5.82 Å². The Morgan fingerprint density at radius 3 is 3.00 bits per heavy atom. The van der Waals surface area contributed by atoms with E-state index in [1.54, 1.807) is 13.3 Å². The zero-order valence-corrected chi connectivity index (χ0v) is 16.3. The Bertz CT molecular complexity index is 848. The van der Waals surface area contributed by atoms with Crippen LogP contribution in [0.3, 0.4) is 0 Å². The maximum absolute atomic E-state index is 11.7. The number of Topliss-reactive ketones (excluding diaryl/α,β-unsaturated/α-hetero) is 1. The number of carbonyl (C=O) groups excluding carboxylic acids is 1. The maximum Gasteiger partial charge on any atom is 0.159 e. The Labute approximate surface area is 161 Å². The molecule has 1 N–H and O–H groups in total. The molecule has 2 heterocycles. The average molecular weight is 364 g/mol. The van der Waals surface area contributed by atoms with Gasteiger partial charge in [-0.25, -0.2) is 9.97 Å². The van der Waals surface area contributed by atoms with Crippen molar-refractivity contribution < 1.29 is 4.79 Å². The molecule has 1 aromatic carbocycles. The lowest BCUT2D eigenvalue weighted by Gasteiger charge is -2.33. The lowest BCUT2D eigenvalue weighted by atomic mass is 10.0. The Hall–Kier alpha value is -2.27. The van der Waals surface area contributed by atoms with E-state index in [0.29, 0.717) is 6.04 Å². The number of piperidine rings is 1. The molecule has 1 unspecified atom stereocenters. The molecule has 2 aliphatic rings. The van der Waals surface area contributed by atoms with Crippen LogP contribution in [0.1, 0.15) is 61.1 Å². The van der Waals surface area contributed by atoms with E-state index >= 15 is 0 Å². The van der Waals surface area contributed by atoms with Crippen molar-refractivity contribution in [2.75, 3.05) is 25.0 Å². The zero-order chi connectivity index (χ0) is 18.8. The second-order valence-corrected chi connectivity index (χ2v) is 7.81. The number of anilines is 1. The van der Waals surface area contributed by atoms with E-state index < -0.39 is 0 Å². The van der Waals surface area contributed by atoms with E-state index in [2.05, 4.69) is 27.1 Å². The molecule has 5 nitrogen and oxygen atoms in total. The van der Waals surface area contributed by atoms with Crippen LogP contribution in [-0.4, -0.2) is 46.3 Å². The maximum atomic E-state index is 11.7. The number of hydrogen-bond donors (Lipinski definition) is 1. The van der Waals surface area contributed by atoms with Crippen molar-refractivity contribution in [3.8, 4) is 11.1 Å². The molecule has 1 aromatic heterocycles. The molecule has 1 atom stereocenters. The molecule has 0 bridgehead atoms. The van der Waals surface area contributed by atoms with Crippen molar-refractivity contribution in [2.24, 2.45) is 0 Å². The number of ketones is 1. The molecular weight excluding hydrogens is 336 g/mol. The summed E-state index contributed by atoms with van der Waals surface area (Å²) in [6, 6.07) is 6.66. The second kappa shape index (κ2) is 7.77. The number of carbonyl (C=O) groups is 1. The summed E-state index contributed by atoms with van der Waals surface area (Å²) in [5, 5.41) is 3.53. The minimum absolute atomic E-state index is 0.102. The largest absolute Gasteiger partial charge is 0.369 e. The van der Waals surface area contributed by atoms with Gasteiger partial charge in [0.15, 0.2) is 5.78 Å². The fourth-order valence-electron chi connectivity index (χ4n) is 4.34. The van der Waals surface area contributed by atoms with Gasteiger partial charge in [-0.15, -0.1) is 0 Å². The van der Waals surface area contributed by atoms with Crippen molar-refractivity contribution in [1.29, 1.82) is 0 Å². The number of likely N-dealkylation sites (tertiary alicyclic amines) is 1. The molecule has 0 spiro atoms. The Kier molecular flexibility index (Phi) is 5.21. The van der Waals surface area contributed by atoms with Crippen LogP contribution >= 0.6 is 0 Å². The van der Waals surface area contributed by atoms with Crippen LogP contribution in [0.2, 0.25) is 0 Å². The highest BCUT2D eigenvalue weighted by Gasteiger charge is 2.24. The minimum Gasteiger partial charge on any atom is -0.369 e. The van der Waals surface area contributed by atoms with Gasteiger partial charge in [-0.2, -0.15) is 0 Å². The lowest BCUT2D eigenvalue weighted by molar-refractivity contribution is 0.101. The topological polar surface area (TPSA) is 58.1 Å². The molecule has 27 heavy (non-hydrogen) atoms. The van der Waals surface area contributed by atoms with Gasteiger partial charge < -0.3 is 10.2 Å². The predicted molar refractivity (Wildman–Crippen MR) is 108 cm³/mol. The van der Waals surface area contributed by atoms with E-state index in [-0.39, 0.29) is 5.78 Å². The van der Waals surface area contributed by atoms with Crippen LogP contribution in [0.25, 0.3) is 11.1 Å². The van der Waals surface area contributed by atoms with Crippen molar-refractivity contribution in [3.63, 3.8) is 0 Å². The van der Waals surface area contributed by atoms with Crippen LogP contribution in [0.5, 0.6) is 0 Å². The van der Waals surface area contributed by atoms with Crippen LogP contribution in [0.15, 0.2) is 24.5 Å². The third-order valence-electron chi connectivity index (χ3n) is 5.92. The van der Waals surface area contributed by atoms with Crippen molar-refractivity contribution in [2.45, 2.75) is 52.0 Å². The first-order valence-corrected chi connectivity index (χ1v) is 10.1. The number of fused-ring (bicyclic) bond motifs is 3. The Morgan fingerprint density at radius 1 is 1.30 bits per heavy atom. The highest BCUT2D eigenvalue weighted by Crippen LogP contribution is 2.39. The predicted octanol–water partition coefficient (Wildman–Crippen LogP) is 3.93. The fraction of sp³-hybridized carbons (Fsp3) is 0.500. The van der Waals surface area contributed by atoms with E-state index in [9.17, 15) is 4.79 Å². The van der Waals surface area contributed by atoms with Gasteiger partial charge in [-0.05, 0) is 56.8 Å². The van der Waals surface area contributed by atoms with Crippen LogP contribution in [-0.2, 0) is 6.42 Å². The normalized spacial score (nSPS) is 18.8. The van der Waals surface area contributed by atoms with Gasteiger partial charge in [-0.1, -0.05) is 18.6 Å². The van der Waals surface area contributed by atoms with Crippen molar-refractivity contribution in [1.82, 2.24) is 14.9 Å². The zero-order valence-electron chi connectivity index (χ0n) is 16.3. The number of hydrogen-bond acceptors (Lipinski definition) is 5. The van der Waals surface area contributed by atoms with Gasteiger partial charge in [-0.3, -0.25) is 4.79 Å². The highest BCUT2D eigenvalue weighted by molar-refractivity contribution is 5.96. The standard InChI is InChI=1S/C22H28N4O/c1-15-6-3-4-10-26(15)11-5-9-23-22-21-19-8-7-17(16(2)27)12-18(19)13-20(21)24-14-25-22/h7-8,12,14-15H,3-6,9-11,13H2,1-2H3,(H,23,24,25). The Morgan fingerprint density at radius 2 is 2.19 bits per heavy atom. The van der Waals surface area contributed by atoms with Crippen molar-refractivity contribution in [3.05, 3.63) is 41.3 Å². The summed E-state index contributed by atoms with van der Waals surface area (Å²) in [7, 11) is 0. The van der Waals surface area contributed by atoms with Crippen molar-refractivity contribution >= 4 is 11.6 Å². The van der Waals surface area contributed by atoms with E-state index in [1.807, 2.05) is 18.2 Å². The van der Waals surface area contributed by atoms with Gasteiger partial charge in [0.25, 0.3) is 0 Å². The monoisotopic (exact) mass is 364 g/mol. The molecule has 4 rings (SSSR count).